The number of pyridine rings is 1. The lowest BCUT2D eigenvalue weighted by molar-refractivity contribution is 0.464. The van der Waals surface area contributed by atoms with Crippen molar-refractivity contribution in [1.82, 2.24) is 14.5 Å². The lowest BCUT2D eigenvalue weighted by atomic mass is 9.34. The second kappa shape index (κ2) is 11.3. The minimum atomic E-state index is -0.110. The van der Waals surface area contributed by atoms with E-state index in [1.54, 1.807) is 0 Å². The Hall–Kier alpha value is -6.40. The summed E-state index contributed by atoms with van der Waals surface area (Å²) in [7, 11) is 0. The molecular weight excluding hydrogens is 625 g/mol. The van der Waals surface area contributed by atoms with Crippen molar-refractivity contribution in [1.29, 1.82) is 0 Å². The summed E-state index contributed by atoms with van der Waals surface area (Å²) in [5, 5.41) is 0. The number of hydrogen-bond donors (Lipinski definition) is 0. The molecule has 51 heavy (non-hydrogen) atoms. The molecule has 8 aromatic rings. The van der Waals surface area contributed by atoms with Crippen molar-refractivity contribution in [3.05, 3.63) is 156 Å². The zero-order valence-corrected chi connectivity index (χ0v) is 28.5. The van der Waals surface area contributed by atoms with Crippen LogP contribution in [-0.2, 0) is 0 Å². The topological polar surface area (TPSA) is 49.2 Å². The van der Waals surface area contributed by atoms with Crippen molar-refractivity contribution in [3.8, 4) is 62.5 Å². The Kier molecular flexibility index (Phi) is 6.55. The molecule has 242 valence electrons. The average molecular weight is 658 g/mol. The Morgan fingerprint density at radius 3 is 1.96 bits per heavy atom. The van der Waals surface area contributed by atoms with E-state index in [0.717, 1.165) is 89.9 Å². The molecule has 2 aliphatic heterocycles. The van der Waals surface area contributed by atoms with Gasteiger partial charge in [-0.1, -0.05) is 78.4 Å². The molecule has 4 heterocycles. The highest BCUT2D eigenvalue weighted by molar-refractivity contribution is 6.98. The molecule has 6 heteroatoms. The third-order valence-electron chi connectivity index (χ3n) is 10.2. The van der Waals surface area contributed by atoms with Gasteiger partial charge in [0.1, 0.15) is 28.8 Å². The number of para-hydroxylation sites is 2. The third-order valence-corrected chi connectivity index (χ3v) is 10.2. The summed E-state index contributed by atoms with van der Waals surface area (Å²) < 4.78 is 15.5. The van der Waals surface area contributed by atoms with Gasteiger partial charge in [-0.25, -0.2) is 4.98 Å². The first-order chi connectivity index (χ1) is 25.0. The maximum atomic E-state index is 6.62. The lowest BCUT2D eigenvalue weighted by Gasteiger charge is -2.33. The number of ether oxygens (including phenoxy) is 2. The van der Waals surface area contributed by atoms with Gasteiger partial charge in [-0.2, -0.15) is 0 Å². The highest BCUT2D eigenvalue weighted by atomic mass is 16.5. The molecule has 0 radical (unpaired) electrons. The molecular formula is C45H32BN3O2. The third kappa shape index (κ3) is 4.71. The van der Waals surface area contributed by atoms with E-state index in [9.17, 15) is 0 Å². The molecule has 10 rings (SSSR count). The van der Waals surface area contributed by atoms with E-state index < -0.39 is 0 Å². The van der Waals surface area contributed by atoms with Crippen LogP contribution in [0.5, 0.6) is 23.0 Å². The maximum absolute atomic E-state index is 6.62. The van der Waals surface area contributed by atoms with Gasteiger partial charge in [-0.15, -0.1) is 0 Å². The van der Waals surface area contributed by atoms with E-state index in [2.05, 4.69) is 135 Å². The monoisotopic (exact) mass is 657 g/mol. The predicted octanol–water partition coefficient (Wildman–Crippen LogP) is 9.07. The largest absolute Gasteiger partial charge is 0.458 e. The quantitative estimate of drug-likeness (QED) is 0.177. The van der Waals surface area contributed by atoms with Gasteiger partial charge in [0.2, 0.25) is 0 Å². The maximum Gasteiger partial charge on any atom is 0.260 e. The van der Waals surface area contributed by atoms with Gasteiger partial charge < -0.3 is 9.47 Å². The van der Waals surface area contributed by atoms with Gasteiger partial charge >= 0.3 is 0 Å². The molecule has 5 nitrogen and oxygen atoms in total. The second-order valence-electron chi connectivity index (χ2n) is 13.6. The van der Waals surface area contributed by atoms with Gasteiger partial charge in [0.25, 0.3) is 6.71 Å². The molecule has 2 aromatic heterocycles. The molecule has 0 atom stereocenters. The molecule has 0 fully saturated rings. The molecule has 0 saturated carbocycles. The summed E-state index contributed by atoms with van der Waals surface area (Å²) in [5.41, 5.74) is 15.3. The number of rotatable bonds is 4. The van der Waals surface area contributed by atoms with Crippen LogP contribution in [0.15, 0.2) is 140 Å². The predicted molar refractivity (Wildman–Crippen MR) is 207 cm³/mol. The average Bonchev–Trinajstić information content (AvgIpc) is 3.53. The van der Waals surface area contributed by atoms with E-state index in [4.69, 9.17) is 19.4 Å². The number of aromatic nitrogens is 3. The Morgan fingerprint density at radius 2 is 1.22 bits per heavy atom. The summed E-state index contributed by atoms with van der Waals surface area (Å²) in [6, 6.07) is 46.6. The Morgan fingerprint density at radius 1 is 0.549 bits per heavy atom. The Balaban J connectivity index is 1.16. The molecule has 0 N–H and O–H groups in total. The molecule has 0 aliphatic carbocycles. The van der Waals surface area contributed by atoms with Crippen molar-refractivity contribution >= 4 is 34.1 Å². The zero-order chi connectivity index (χ0) is 34.2. The van der Waals surface area contributed by atoms with Gasteiger partial charge in [-0.3, -0.25) is 9.55 Å². The van der Waals surface area contributed by atoms with Crippen molar-refractivity contribution < 1.29 is 9.47 Å². The number of fused-ring (bicyclic) bond motifs is 5. The standard InChI is InChI=1S/C45H32BN3O2/c1-27-22-28(2)44(29(3)23-27)49-38-13-8-7-12-36(38)48-45(49)33-17-19-40-35(25-33)46-34-24-32(37-26-31(20-21-47-37)30-10-5-4-6-11-30)16-18-39(34)50-41-14-9-15-42(51-40)43(41)46/h4-26H,1-3H3. The first-order valence-corrected chi connectivity index (χ1v) is 17.3. The summed E-state index contributed by atoms with van der Waals surface area (Å²) in [6.07, 6.45) is 1.89. The first kappa shape index (κ1) is 29.5. The molecule has 0 saturated heterocycles. The number of nitrogens with zero attached hydrogens (tertiary/aromatic N) is 3. The van der Waals surface area contributed by atoms with Crippen LogP contribution in [0.4, 0.5) is 0 Å². The number of imidazole rings is 1. The van der Waals surface area contributed by atoms with Crippen LogP contribution in [0.25, 0.3) is 50.5 Å². The van der Waals surface area contributed by atoms with E-state index in [-0.39, 0.29) is 6.71 Å². The Labute approximate surface area is 296 Å². The van der Waals surface area contributed by atoms with E-state index in [1.165, 1.54) is 16.7 Å². The normalized spacial score (nSPS) is 12.5. The van der Waals surface area contributed by atoms with Crippen LogP contribution in [-0.4, -0.2) is 21.2 Å². The minimum Gasteiger partial charge on any atom is -0.458 e. The highest BCUT2D eigenvalue weighted by Gasteiger charge is 2.40. The van der Waals surface area contributed by atoms with Crippen molar-refractivity contribution in [2.75, 3.05) is 0 Å². The van der Waals surface area contributed by atoms with Crippen LogP contribution in [0.2, 0.25) is 0 Å². The van der Waals surface area contributed by atoms with E-state index >= 15 is 0 Å². The molecule has 6 aromatic carbocycles. The number of benzene rings is 6. The summed E-state index contributed by atoms with van der Waals surface area (Å²) in [4.78, 5) is 10.1. The van der Waals surface area contributed by atoms with Gasteiger partial charge in [0.15, 0.2) is 0 Å². The number of aryl methyl sites for hydroxylation is 3. The van der Waals surface area contributed by atoms with Crippen molar-refractivity contribution in [2.24, 2.45) is 0 Å². The molecule has 0 spiro atoms. The fraction of sp³-hybridized carbons (Fsp3) is 0.0667. The van der Waals surface area contributed by atoms with Crippen LogP contribution >= 0.6 is 0 Å². The smallest absolute Gasteiger partial charge is 0.260 e. The zero-order valence-electron chi connectivity index (χ0n) is 28.5. The SMILES string of the molecule is Cc1cc(C)c(-n2c(-c3ccc4c(c3)B3c5cc(-c6cc(-c7ccccc7)ccn6)ccc5Oc5cccc(c53)O4)nc3ccccc32)c(C)c1. The van der Waals surface area contributed by atoms with Crippen molar-refractivity contribution in [2.45, 2.75) is 20.8 Å². The summed E-state index contributed by atoms with van der Waals surface area (Å²) in [6.45, 7) is 6.42. The fourth-order valence-corrected chi connectivity index (χ4v) is 8.10. The first-order valence-electron chi connectivity index (χ1n) is 17.3. The molecule has 0 bridgehead atoms. The van der Waals surface area contributed by atoms with Gasteiger partial charge in [0, 0.05) is 17.2 Å². The summed E-state index contributed by atoms with van der Waals surface area (Å²) in [5.74, 6) is 4.20. The van der Waals surface area contributed by atoms with E-state index in [0.29, 0.717) is 0 Å². The Bertz CT molecular complexity index is 2660. The van der Waals surface area contributed by atoms with Crippen molar-refractivity contribution in [3.63, 3.8) is 0 Å². The minimum absolute atomic E-state index is 0.110. The highest BCUT2D eigenvalue weighted by Crippen LogP contribution is 2.38. The lowest BCUT2D eigenvalue weighted by Crippen LogP contribution is -2.57. The summed E-state index contributed by atoms with van der Waals surface area (Å²) >= 11 is 0. The molecule has 0 amide bonds. The second-order valence-corrected chi connectivity index (χ2v) is 13.6. The van der Waals surface area contributed by atoms with Crippen LogP contribution in [0.3, 0.4) is 0 Å². The molecule has 2 aliphatic rings. The molecule has 0 unspecified atom stereocenters. The van der Waals surface area contributed by atoms with Gasteiger partial charge in [-0.05, 0) is 120 Å². The fourth-order valence-electron chi connectivity index (χ4n) is 8.10. The van der Waals surface area contributed by atoms with Gasteiger partial charge in [0.05, 0.1) is 22.4 Å². The van der Waals surface area contributed by atoms with E-state index in [1.807, 2.05) is 30.5 Å². The number of hydrogen-bond acceptors (Lipinski definition) is 4. The van der Waals surface area contributed by atoms with Crippen LogP contribution < -0.4 is 25.9 Å². The van der Waals surface area contributed by atoms with Crippen LogP contribution in [0.1, 0.15) is 16.7 Å². The van der Waals surface area contributed by atoms with Crippen LogP contribution in [0, 0.1) is 20.8 Å².